The smallest absolute Gasteiger partial charge is 0.118 e. The van der Waals surface area contributed by atoms with Crippen LogP contribution in [0.3, 0.4) is 0 Å². The molecule has 1 aliphatic rings. The SMILES string of the molecule is COc1ccc(C(O)CC2Cc3ccccc32)cc1. The Morgan fingerprint density at radius 1 is 1.16 bits per heavy atom. The Hall–Kier alpha value is -1.80. The fourth-order valence-corrected chi connectivity index (χ4v) is 2.80. The number of rotatable bonds is 4. The zero-order valence-electron chi connectivity index (χ0n) is 11.0. The highest BCUT2D eigenvalue weighted by Crippen LogP contribution is 2.40. The van der Waals surface area contributed by atoms with Gasteiger partial charge < -0.3 is 9.84 Å². The molecular weight excluding hydrogens is 236 g/mol. The van der Waals surface area contributed by atoms with Crippen molar-refractivity contribution in [3.63, 3.8) is 0 Å². The molecule has 0 fully saturated rings. The molecule has 0 saturated carbocycles. The van der Waals surface area contributed by atoms with Crippen LogP contribution in [0.25, 0.3) is 0 Å². The lowest BCUT2D eigenvalue weighted by Gasteiger charge is -2.31. The lowest BCUT2D eigenvalue weighted by Crippen LogP contribution is -2.19. The molecule has 0 radical (unpaired) electrons. The minimum atomic E-state index is -0.399. The van der Waals surface area contributed by atoms with Crippen molar-refractivity contribution in [2.45, 2.75) is 24.9 Å². The Morgan fingerprint density at radius 3 is 2.58 bits per heavy atom. The molecule has 0 aromatic heterocycles. The number of methoxy groups -OCH3 is 1. The summed E-state index contributed by atoms with van der Waals surface area (Å²) in [7, 11) is 1.65. The first-order valence-electron chi connectivity index (χ1n) is 6.67. The van der Waals surface area contributed by atoms with Crippen molar-refractivity contribution in [1.82, 2.24) is 0 Å². The number of ether oxygens (including phenoxy) is 1. The summed E-state index contributed by atoms with van der Waals surface area (Å²) >= 11 is 0. The van der Waals surface area contributed by atoms with Gasteiger partial charge in [0.2, 0.25) is 0 Å². The Kier molecular flexibility index (Phi) is 3.26. The summed E-state index contributed by atoms with van der Waals surface area (Å²) in [5.41, 5.74) is 3.79. The van der Waals surface area contributed by atoms with Crippen molar-refractivity contribution in [3.8, 4) is 5.75 Å². The largest absolute Gasteiger partial charge is 0.497 e. The van der Waals surface area contributed by atoms with Crippen molar-refractivity contribution >= 4 is 0 Å². The molecule has 0 heterocycles. The van der Waals surface area contributed by atoms with E-state index in [9.17, 15) is 5.11 Å². The van der Waals surface area contributed by atoms with E-state index in [4.69, 9.17) is 4.74 Å². The summed E-state index contributed by atoms with van der Waals surface area (Å²) in [4.78, 5) is 0. The van der Waals surface area contributed by atoms with Crippen LogP contribution in [0.1, 0.15) is 35.1 Å². The number of aliphatic hydroxyl groups excluding tert-OH is 1. The number of benzene rings is 2. The van der Waals surface area contributed by atoms with Gasteiger partial charge in [0, 0.05) is 0 Å². The highest BCUT2D eigenvalue weighted by molar-refractivity contribution is 5.40. The zero-order chi connectivity index (χ0) is 13.2. The van der Waals surface area contributed by atoms with E-state index in [0.717, 1.165) is 24.2 Å². The second-order valence-corrected chi connectivity index (χ2v) is 5.12. The molecule has 0 saturated heterocycles. The minimum Gasteiger partial charge on any atom is -0.497 e. The van der Waals surface area contributed by atoms with Crippen LogP contribution in [0, 0.1) is 0 Å². The van der Waals surface area contributed by atoms with Crippen molar-refractivity contribution in [1.29, 1.82) is 0 Å². The summed E-state index contributed by atoms with van der Waals surface area (Å²) in [6.45, 7) is 0. The first kappa shape index (κ1) is 12.2. The van der Waals surface area contributed by atoms with Crippen molar-refractivity contribution < 1.29 is 9.84 Å². The summed E-state index contributed by atoms with van der Waals surface area (Å²) in [6, 6.07) is 16.2. The molecule has 19 heavy (non-hydrogen) atoms. The third-order valence-electron chi connectivity index (χ3n) is 3.97. The van der Waals surface area contributed by atoms with E-state index in [0.29, 0.717) is 5.92 Å². The molecule has 2 unspecified atom stereocenters. The molecule has 2 nitrogen and oxygen atoms in total. The van der Waals surface area contributed by atoms with Gasteiger partial charge in [-0.3, -0.25) is 0 Å². The van der Waals surface area contributed by atoms with E-state index in [1.165, 1.54) is 11.1 Å². The third kappa shape index (κ3) is 2.36. The molecule has 0 amide bonds. The van der Waals surface area contributed by atoms with Crippen LogP contribution >= 0.6 is 0 Å². The van der Waals surface area contributed by atoms with Crippen LogP contribution in [-0.4, -0.2) is 12.2 Å². The predicted molar refractivity (Wildman–Crippen MR) is 75.5 cm³/mol. The molecule has 0 spiro atoms. The monoisotopic (exact) mass is 254 g/mol. The standard InChI is InChI=1S/C17H18O2/c1-19-15-8-6-12(7-9-15)17(18)11-14-10-13-4-2-3-5-16(13)14/h2-9,14,17-18H,10-11H2,1H3. The number of aliphatic hydroxyl groups is 1. The van der Waals surface area contributed by atoms with E-state index in [2.05, 4.69) is 24.3 Å². The summed E-state index contributed by atoms with van der Waals surface area (Å²) in [6.07, 6.45) is 1.48. The quantitative estimate of drug-likeness (QED) is 0.905. The second-order valence-electron chi connectivity index (χ2n) is 5.12. The first-order valence-corrected chi connectivity index (χ1v) is 6.67. The van der Waals surface area contributed by atoms with E-state index in [1.807, 2.05) is 24.3 Å². The maximum absolute atomic E-state index is 10.3. The Labute approximate surface area is 113 Å². The molecule has 1 N–H and O–H groups in total. The fraction of sp³-hybridized carbons (Fsp3) is 0.294. The molecule has 2 atom stereocenters. The molecule has 98 valence electrons. The average molecular weight is 254 g/mol. The van der Waals surface area contributed by atoms with Crippen LogP contribution < -0.4 is 4.74 Å². The van der Waals surface area contributed by atoms with Gasteiger partial charge in [0.1, 0.15) is 5.75 Å². The molecule has 2 aromatic rings. The molecule has 2 aromatic carbocycles. The van der Waals surface area contributed by atoms with Crippen LogP contribution in [0.2, 0.25) is 0 Å². The van der Waals surface area contributed by atoms with Gasteiger partial charge in [0.05, 0.1) is 13.2 Å². The number of hydrogen-bond donors (Lipinski definition) is 1. The molecular formula is C17H18O2. The van der Waals surface area contributed by atoms with Gasteiger partial charge >= 0.3 is 0 Å². The molecule has 0 bridgehead atoms. The maximum Gasteiger partial charge on any atom is 0.118 e. The molecule has 1 aliphatic carbocycles. The number of fused-ring (bicyclic) bond motifs is 1. The number of hydrogen-bond acceptors (Lipinski definition) is 2. The summed E-state index contributed by atoms with van der Waals surface area (Å²) in [5, 5.41) is 10.3. The Morgan fingerprint density at radius 2 is 1.89 bits per heavy atom. The van der Waals surface area contributed by atoms with E-state index < -0.39 is 6.10 Å². The van der Waals surface area contributed by atoms with Crippen LogP contribution in [0.4, 0.5) is 0 Å². The highest BCUT2D eigenvalue weighted by atomic mass is 16.5. The lowest BCUT2D eigenvalue weighted by molar-refractivity contribution is 0.153. The normalized spacial score (nSPS) is 18.3. The van der Waals surface area contributed by atoms with Crippen molar-refractivity contribution in [3.05, 3.63) is 65.2 Å². The highest BCUT2D eigenvalue weighted by Gasteiger charge is 2.27. The van der Waals surface area contributed by atoms with Gasteiger partial charge in [0.25, 0.3) is 0 Å². The Balaban J connectivity index is 1.67. The summed E-state index contributed by atoms with van der Waals surface area (Å²) in [5.74, 6) is 1.32. The third-order valence-corrected chi connectivity index (χ3v) is 3.97. The van der Waals surface area contributed by atoms with Crippen molar-refractivity contribution in [2.75, 3.05) is 7.11 Å². The average Bonchev–Trinajstić information content (AvgIpc) is 2.44. The van der Waals surface area contributed by atoms with E-state index >= 15 is 0 Å². The predicted octanol–water partition coefficient (Wildman–Crippen LogP) is 3.46. The van der Waals surface area contributed by atoms with Crippen LogP contribution in [-0.2, 0) is 6.42 Å². The minimum absolute atomic E-state index is 0.399. The van der Waals surface area contributed by atoms with Crippen LogP contribution in [0.5, 0.6) is 5.75 Å². The Bertz CT molecular complexity index is 560. The first-order chi connectivity index (χ1) is 9.28. The van der Waals surface area contributed by atoms with E-state index in [-0.39, 0.29) is 0 Å². The van der Waals surface area contributed by atoms with Gasteiger partial charge in [-0.1, -0.05) is 36.4 Å². The van der Waals surface area contributed by atoms with Gasteiger partial charge in [-0.15, -0.1) is 0 Å². The zero-order valence-corrected chi connectivity index (χ0v) is 11.0. The second kappa shape index (κ2) is 5.06. The summed E-state index contributed by atoms with van der Waals surface area (Å²) < 4.78 is 5.13. The van der Waals surface area contributed by atoms with Gasteiger partial charge in [-0.25, -0.2) is 0 Å². The molecule has 0 aliphatic heterocycles. The topological polar surface area (TPSA) is 29.5 Å². The van der Waals surface area contributed by atoms with Gasteiger partial charge in [-0.05, 0) is 47.6 Å². The van der Waals surface area contributed by atoms with Crippen LogP contribution in [0.15, 0.2) is 48.5 Å². The lowest BCUT2D eigenvalue weighted by atomic mass is 9.74. The molecule has 3 rings (SSSR count). The van der Waals surface area contributed by atoms with Gasteiger partial charge in [0.15, 0.2) is 0 Å². The molecule has 2 heteroatoms. The van der Waals surface area contributed by atoms with Gasteiger partial charge in [-0.2, -0.15) is 0 Å². The van der Waals surface area contributed by atoms with Crippen molar-refractivity contribution in [2.24, 2.45) is 0 Å². The fourth-order valence-electron chi connectivity index (χ4n) is 2.80. The maximum atomic E-state index is 10.3. The van der Waals surface area contributed by atoms with E-state index in [1.54, 1.807) is 7.11 Å².